The summed E-state index contributed by atoms with van der Waals surface area (Å²) in [6, 6.07) is 23.2. The normalized spacial score (nSPS) is 11.5. The molecule has 0 aliphatic heterocycles. The predicted octanol–water partition coefficient (Wildman–Crippen LogP) is 5.79. The van der Waals surface area contributed by atoms with Crippen molar-refractivity contribution in [2.75, 3.05) is 0 Å². The van der Waals surface area contributed by atoms with Gasteiger partial charge in [-0.2, -0.15) is 5.26 Å². The summed E-state index contributed by atoms with van der Waals surface area (Å²) in [5.74, 6) is -0.0907. The van der Waals surface area contributed by atoms with E-state index in [9.17, 15) is 4.79 Å². The van der Waals surface area contributed by atoms with E-state index in [-0.39, 0.29) is 11.9 Å². The minimum atomic E-state index is -0.115. The molecule has 1 unspecified atom stereocenters. The first-order valence-corrected chi connectivity index (χ1v) is 9.45. The smallest absolute Gasteiger partial charge is 0.252 e. The molecule has 0 spiro atoms. The molecule has 0 saturated heterocycles. The zero-order valence-electron chi connectivity index (χ0n) is 15.2. The van der Waals surface area contributed by atoms with Crippen molar-refractivity contribution in [3.8, 4) is 17.2 Å². The number of nitriles is 1. The van der Waals surface area contributed by atoms with Gasteiger partial charge < -0.3 is 5.32 Å². The molecule has 0 aromatic heterocycles. The van der Waals surface area contributed by atoms with E-state index in [1.54, 1.807) is 6.07 Å². The van der Waals surface area contributed by atoms with E-state index < -0.39 is 0 Å². The predicted molar refractivity (Wildman–Crippen MR) is 111 cm³/mol. The second-order valence-electron chi connectivity index (χ2n) is 6.42. The van der Waals surface area contributed by atoms with Crippen LogP contribution in [0.15, 0.2) is 71.2 Å². The number of hydrogen-bond acceptors (Lipinski definition) is 2. The van der Waals surface area contributed by atoms with Gasteiger partial charge in [0, 0.05) is 10.0 Å². The lowest BCUT2D eigenvalue weighted by atomic mass is 10.00. The first kappa shape index (κ1) is 18.9. The molecule has 3 aromatic carbocycles. The molecular weight excluding hydrogens is 400 g/mol. The van der Waals surface area contributed by atoms with Gasteiger partial charge in [-0.25, -0.2) is 0 Å². The molecular formula is C23H19BrN2O. The van der Waals surface area contributed by atoms with Crippen LogP contribution in [0, 0.1) is 18.3 Å². The highest BCUT2D eigenvalue weighted by atomic mass is 79.9. The Hall–Kier alpha value is -2.90. The van der Waals surface area contributed by atoms with Crippen LogP contribution in [0.1, 0.15) is 40.0 Å². The summed E-state index contributed by atoms with van der Waals surface area (Å²) in [5.41, 5.74) is 5.30. The Labute approximate surface area is 167 Å². The van der Waals surface area contributed by atoms with Crippen LogP contribution in [-0.4, -0.2) is 5.91 Å². The molecule has 4 heteroatoms. The number of benzene rings is 3. The van der Waals surface area contributed by atoms with Crippen LogP contribution in [0.4, 0.5) is 0 Å². The van der Waals surface area contributed by atoms with Gasteiger partial charge in [-0.05, 0) is 60.4 Å². The highest BCUT2D eigenvalue weighted by Gasteiger charge is 2.14. The Morgan fingerprint density at radius 1 is 1.04 bits per heavy atom. The van der Waals surface area contributed by atoms with E-state index in [4.69, 9.17) is 5.26 Å². The third-order valence-electron chi connectivity index (χ3n) is 4.60. The molecule has 0 aliphatic carbocycles. The van der Waals surface area contributed by atoms with Crippen molar-refractivity contribution in [3.63, 3.8) is 0 Å². The maximum atomic E-state index is 12.6. The number of carbonyl (C=O) groups is 1. The first-order chi connectivity index (χ1) is 13.0. The topological polar surface area (TPSA) is 52.9 Å². The minimum Gasteiger partial charge on any atom is -0.346 e. The fourth-order valence-corrected chi connectivity index (χ4v) is 3.31. The molecule has 0 bridgehead atoms. The average Bonchev–Trinajstić information content (AvgIpc) is 2.70. The van der Waals surface area contributed by atoms with Crippen LogP contribution in [0.5, 0.6) is 0 Å². The van der Waals surface area contributed by atoms with Crippen molar-refractivity contribution >= 4 is 21.8 Å². The summed E-state index contributed by atoms with van der Waals surface area (Å²) in [7, 11) is 0. The van der Waals surface area contributed by atoms with Crippen LogP contribution < -0.4 is 5.32 Å². The van der Waals surface area contributed by atoms with E-state index in [1.165, 1.54) is 0 Å². The number of nitrogens with zero attached hydrogens (tertiary/aromatic N) is 1. The fourth-order valence-electron chi connectivity index (χ4n) is 2.94. The first-order valence-electron chi connectivity index (χ1n) is 8.66. The molecule has 0 heterocycles. The number of hydrogen-bond donors (Lipinski definition) is 1. The van der Waals surface area contributed by atoms with Crippen LogP contribution in [-0.2, 0) is 0 Å². The fraction of sp³-hybridized carbons (Fsp3) is 0.130. The molecule has 1 atom stereocenters. The Morgan fingerprint density at radius 2 is 1.74 bits per heavy atom. The second kappa shape index (κ2) is 8.20. The Bertz CT molecular complexity index is 1020. The highest BCUT2D eigenvalue weighted by molar-refractivity contribution is 9.10. The minimum absolute atomic E-state index is 0.0907. The summed E-state index contributed by atoms with van der Waals surface area (Å²) in [6.45, 7) is 3.89. The standard InChI is InChI=1S/C23H19BrN2O/c1-15-21(7-4-8-22(15)24)23(27)26-16(2)18-9-11-19(12-10-18)20-6-3-5-17(13-20)14-25/h3-13,16H,1-2H3,(H,26,27). The van der Waals surface area contributed by atoms with Crippen LogP contribution in [0.25, 0.3) is 11.1 Å². The second-order valence-corrected chi connectivity index (χ2v) is 7.28. The van der Waals surface area contributed by atoms with Crippen molar-refractivity contribution in [1.82, 2.24) is 5.32 Å². The number of carbonyl (C=O) groups excluding carboxylic acids is 1. The van der Waals surface area contributed by atoms with Crippen molar-refractivity contribution in [2.45, 2.75) is 19.9 Å². The number of rotatable bonds is 4. The van der Waals surface area contributed by atoms with E-state index in [0.29, 0.717) is 11.1 Å². The quantitative estimate of drug-likeness (QED) is 0.582. The van der Waals surface area contributed by atoms with Gasteiger partial charge in [-0.15, -0.1) is 0 Å². The zero-order chi connectivity index (χ0) is 19.4. The van der Waals surface area contributed by atoms with E-state index in [2.05, 4.69) is 27.3 Å². The zero-order valence-corrected chi connectivity index (χ0v) is 16.7. The van der Waals surface area contributed by atoms with E-state index in [0.717, 1.165) is 26.7 Å². The summed E-state index contributed by atoms with van der Waals surface area (Å²) in [4.78, 5) is 12.6. The summed E-state index contributed by atoms with van der Waals surface area (Å²) < 4.78 is 0.923. The molecule has 1 N–H and O–H groups in total. The van der Waals surface area contributed by atoms with Gasteiger partial charge in [0.15, 0.2) is 0 Å². The lowest BCUT2D eigenvalue weighted by Gasteiger charge is -2.16. The maximum absolute atomic E-state index is 12.6. The molecule has 0 aliphatic rings. The summed E-state index contributed by atoms with van der Waals surface area (Å²) >= 11 is 3.47. The molecule has 134 valence electrons. The number of amides is 1. The molecule has 27 heavy (non-hydrogen) atoms. The van der Waals surface area contributed by atoms with Gasteiger partial charge in [0.05, 0.1) is 17.7 Å². The highest BCUT2D eigenvalue weighted by Crippen LogP contribution is 2.24. The lowest BCUT2D eigenvalue weighted by Crippen LogP contribution is -2.27. The molecule has 0 fully saturated rings. The molecule has 0 radical (unpaired) electrons. The van der Waals surface area contributed by atoms with Crippen molar-refractivity contribution in [2.24, 2.45) is 0 Å². The average molecular weight is 419 g/mol. The van der Waals surface area contributed by atoms with Gasteiger partial charge >= 0.3 is 0 Å². The summed E-state index contributed by atoms with van der Waals surface area (Å²) in [5, 5.41) is 12.1. The molecule has 3 rings (SSSR count). The SMILES string of the molecule is Cc1c(Br)cccc1C(=O)NC(C)c1ccc(-c2cccc(C#N)c2)cc1. The maximum Gasteiger partial charge on any atom is 0.252 e. The Balaban J connectivity index is 1.76. The number of halogens is 1. The van der Waals surface area contributed by atoms with E-state index in [1.807, 2.05) is 74.5 Å². The largest absolute Gasteiger partial charge is 0.346 e. The van der Waals surface area contributed by atoms with Gasteiger partial charge in [0.25, 0.3) is 5.91 Å². The van der Waals surface area contributed by atoms with Crippen LogP contribution >= 0.6 is 15.9 Å². The Morgan fingerprint density at radius 3 is 2.44 bits per heavy atom. The molecule has 1 amide bonds. The summed E-state index contributed by atoms with van der Waals surface area (Å²) in [6.07, 6.45) is 0. The third kappa shape index (κ3) is 4.27. The number of nitrogens with one attached hydrogen (secondary N) is 1. The third-order valence-corrected chi connectivity index (χ3v) is 5.45. The van der Waals surface area contributed by atoms with E-state index >= 15 is 0 Å². The van der Waals surface area contributed by atoms with Crippen molar-refractivity contribution in [1.29, 1.82) is 5.26 Å². The van der Waals surface area contributed by atoms with Crippen molar-refractivity contribution in [3.05, 3.63) is 93.5 Å². The molecule has 3 nitrogen and oxygen atoms in total. The van der Waals surface area contributed by atoms with Gasteiger partial charge in [0.1, 0.15) is 0 Å². The van der Waals surface area contributed by atoms with Crippen LogP contribution in [0.2, 0.25) is 0 Å². The van der Waals surface area contributed by atoms with Crippen LogP contribution in [0.3, 0.4) is 0 Å². The van der Waals surface area contributed by atoms with Gasteiger partial charge in [-0.1, -0.05) is 58.4 Å². The Kier molecular flexibility index (Phi) is 5.73. The molecule has 0 saturated carbocycles. The molecule has 3 aromatic rings. The lowest BCUT2D eigenvalue weighted by molar-refractivity contribution is 0.0939. The van der Waals surface area contributed by atoms with Gasteiger partial charge in [0.2, 0.25) is 0 Å². The van der Waals surface area contributed by atoms with Crippen molar-refractivity contribution < 1.29 is 4.79 Å². The monoisotopic (exact) mass is 418 g/mol. The van der Waals surface area contributed by atoms with Gasteiger partial charge in [-0.3, -0.25) is 4.79 Å².